The Labute approximate surface area is 119 Å². The summed E-state index contributed by atoms with van der Waals surface area (Å²) in [5, 5.41) is 2.79. The lowest BCUT2D eigenvalue weighted by Crippen LogP contribution is -2.12. The maximum absolute atomic E-state index is 12.5. The zero-order chi connectivity index (χ0) is 14.0. The molecule has 0 aliphatic carbocycles. The van der Waals surface area contributed by atoms with Gasteiger partial charge >= 0.3 is 6.18 Å². The van der Waals surface area contributed by atoms with Crippen LogP contribution in [0.2, 0.25) is 0 Å². The van der Waals surface area contributed by atoms with Crippen LogP contribution < -0.4 is 11.1 Å². The molecular weight excluding hydrogens is 345 g/mol. The standard InChI is InChI=1S/C10H8BrF3N4S/c11-7-2-1-5(19-7)4-16-8-3-6(10(12,13)14)17-9(15)18-8/h1-3H,4H2,(H3,15,16,17,18). The van der Waals surface area contributed by atoms with Gasteiger partial charge in [-0.1, -0.05) is 0 Å². The second kappa shape index (κ2) is 5.33. The Kier molecular flexibility index (Phi) is 3.95. The summed E-state index contributed by atoms with van der Waals surface area (Å²) >= 11 is 4.78. The number of nitrogen functional groups attached to an aromatic ring is 1. The molecule has 0 amide bonds. The molecule has 0 bridgehead atoms. The van der Waals surface area contributed by atoms with Crippen molar-refractivity contribution < 1.29 is 13.2 Å². The average molecular weight is 353 g/mol. The fourth-order valence-corrected chi connectivity index (χ4v) is 2.75. The number of nitrogens with two attached hydrogens (primary N) is 1. The molecule has 0 aliphatic heterocycles. The van der Waals surface area contributed by atoms with Gasteiger partial charge in [0.05, 0.1) is 10.3 Å². The fraction of sp³-hybridized carbons (Fsp3) is 0.200. The molecular formula is C10H8BrF3N4S. The Morgan fingerprint density at radius 3 is 2.63 bits per heavy atom. The van der Waals surface area contributed by atoms with Gasteiger partial charge in [0.2, 0.25) is 5.95 Å². The fourth-order valence-electron chi connectivity index (χ4n) is 1.33. The summed E-state index contributed by atoms with van der Waals surface area (Å²) < 4.78 is 38.6. The molecule has 0 unspecified atom stereocenters. The van der Waals surface area contributed by atoms with Crippen LogP contribution in [0.3, 0.4) is 0 Å². The molecule has 9 heteroatoms. The van der Waals surface area contributed by atoms with Crippen LogP contribution in [0.15, 0.2) is 22.0 Å². The van der Waals surface area contributed by atoms with Gasteiger partial charge in [0, 0.05) is 10.9 Å². The third-order valence-electron chi connectivity index (χ3n) is 2.11. The van der Waals surface area contributed by atoms with Crippen molar-refractivity contribution in [2.45, 2.75) is 12.7 Å². The molecule has 2 aromatic heterocycles. The van der Waals surface area contributed by atoms with Gasteiger partial charge in [-0.3, -0.25) is 0 Å². The SMILES string of the molecule is Nc1nc(NCc2ccc(Br)s2)cc(C(F)(F)F)n1. The zero-order valence-corrected chi connectivity index (χ0v) is 11.7. The maximum Gasteiger partial charge on any atom is 0.433 e. The van der Waals surface area contributed by atoms with E-state index in [1.807, 2.05) is 12.1 Å². The predicted molar refractivity (Wildman–Crippen MR) is 70.8 cm³/mol. The Bertz CT molecular complexity index is 584. The second-order valence-corrected chi connectivity index (χ2v) is 6.10. The predicted octanol–water partition coefficient (Wildman–Crippen LogP) is 3.51. The van der Waals surface area contributed by atoms with Crippen LogP contribution in [0, 0.1) is 0 Å². The third-order valence-corrected chi connectivity index (χ3v) is 3.73. The monoisotopic (exact) mass is 352 g/mol. The Morgan fingerprint density at radius 1 is 1.32 bits per heavy atom. The molecule has 2 rings (SSSR count). The largest absolute Gasteiger partial charge is 0.433 e. The van der Waals surface area contributed by atoms with Crippen LogP contribution in [-0.4, -0.2) is 9.97 Å². The van der Waals surface area contributed by atoms with Gasteiger partial charge in [-0.15, -0.1) is 11.3 Å². The van der Waals surface area contributed by atoms with E-state index in [1.165, 1.54) is 11.3 Å². The second-order valence-electron chi connectivity index (χ2n) is 3.55. The van der Waals surface area contributed by atoms with Crippen molar-refractivity contribution in [1.82, 2.24) is 9.97 Å². The Hall–Kier alpha value is -1.35. The lowest BCUT2D eigenvalue weighted by Gasteiger charge is -2.09. The van der Waals surface area contributed by atoms with E-state index in [9.17, 15) is 13.2 Å². The van der Waals surface area contributed by atoms with Crippen LogP contribution in [0.1, 0.15) is 10.6 Å². The van der Waals surface area contributed by atoms with Gasteiger partial charge in [0.25, 0.3) is 0 Å². The molecule has 0 fully saturated rings. The minimum atomic E-state index is -4.54. The summed E-state index contributed by atoms with van der Waals surface area (Å²) in [5.41, 5.74) is 4.20. The third kappa shape index (κ3) is 3.80. The van der Waals surface area contributed by atoms with E-state index in [0.29, 0.717) is 6.54 Å². The highest BCUT2D eigenvalue weighted by Crippen LogP contribution is 2.29. The number of alkyl halides is 3. The lowest BCUT2D eigenvalue weighted by molar-refractivity contribution is -0.141. The van der Waals surface area contributed by atoms with E-state index in [1.54, 1.807) is 0 Å². The van der Waals surface area contributed by atoms with Crippen molar-refractivity contribution >= 4 is 39.0 Å². The first-order valence-corrected chi connectivity index (χ1v) is 6.65. The normalized spacial score (nSPS) is 11.6. The summed E-state index contributed by atoms with van der Waals surface area (Å²) in [6.07, 6.45) is -4.54. The molecule has 2 aromatic rings. The van der Waals surface area contributed by atoms with E-state index in [0.717, 1.165) is 14.7 Å². The number of aromatic nitrogens is 2. The number of hydrogen-bond donors (Lipinski definition) is 2. The highest BCUT2D eigenvalue weighted by Gasteiger charge is 2.33. The number of anilines is 2. The molecule has 102 valence electrons. The first-order valence-electron chi connectivity index (χ1n) is 5.04. The van der Waals surface area contributed by atoms with E-state index in [-0.39, 0.29) is 5.82 Å². The van der Waals surface area contributed by atoms with Gasteiger partial charge in [0.1, 0.15) is 5.82 Å². The van der Waals surface area contributed by atoms with Crippen molar-refractivity contribution in [2.24, 2.45) is 0 Å². The summed E-state index contributed by atoms with van der Waals surface area (Å²) in [4.78, 5) is 7.83. The summed E-state index contributed by atoms with van der Waals surface area (Å²) in [6, 6.07) is 4.55. The van der Waals surface area contributed by atoms with Gasteiger partial charge in [-0.2, -0.15) is 18.2 Å². The topological polar surface area (TPSA) is 63.8 Å². The number of nitrogens with zero attached hydrogens (tertiary/aromatic N) is 2. The smallest absolute Gasteiger partial charge is 0.368 e. The first-order chi connectivity index (χ1) is 8.84. The average Bonchev–Trinajstić information content (AvgIpc) is 2.71. The van der Waals surface area contributed by atoms with E-state index in [2.05, 4.69) is 31.2 Å². The highest BCUT2D eigenvalue weighted by atomic mass is 79.9. The Morgan fingerprint density at radius 2 is 2.05 bits per heavy atom. The lowest BCUT2D eigenvalue weighted by atomic mass is 10.3. The van der Waals surface area contributed by atoms with Gasteiger partial charge < -0.3 is 11.1 Å². The van der Waals surface area contributed by atoms with Crippen LogP contribution >= 0.6 is 27.3 Å². The minimum absolute atomic E-state index is 0.0457. The molecule has 0 saturated heterocycles. The highest BCUT2D eigenvalue weighted by molar-refractivity contribution is 9.11. The Balaban J connectivity index is 2.14. The number of halogens is 4. The van der Waals surface area contributed by atoms with Gasteiger partial charge in [0.15, 0.2) is 5.69 Å². The van der Waals surface area contributed by atoms with Gasteiger partial charge in [-0.05, 0) is 28.1 Å². The number of nitrogens with one attached hydrogen (secondary N) is 1. The van der Waals surface area contributed by atoms with Crippen LogP contribution in [-0.2, 0) is 12.7 Å². The summed E-state index contributed by atoms with van der Waals surface area (Å²) in [7, 11) is 0. The molecule has 19 heavy (non-hydrogen) atoms. The van der Waals surface area contributed by atoms with E-state index in [4.69, 9.17) is 5.73 Å². The molecule has 3 N–H and O–H groups in total. The number of thiophene rings is 1. The van der Waals surface area contributed by atoms with Crippen LogP contribution in [0.4, 0.5) is 24.9 Å². The molecule has 2 heterocycles. The molecule has 4 nitrogen and oxygen atoms in total. The quantitative estimate of drug-likeness (QED) is 0.886. The molecule has 0 aliphatic rings. The molecule has 0 saturated carbocycles. The van der Waals surface area contributed by atoms with E-state index >= 15 is 0 Å². The van der Waals surface area contributed by atoms with Crippen LogP contribution in [0.25, 0.3) is 0 Å². The van der Waals surface area contributed by atoms with E-state index < -0.39 is 17.8 Å². The van der Waals surface area contributed by atoms with Crippen molar-refractivity contribution in [3.05, 3.63) is 32.6 Å². The first kappa shape index (κ1) is 14.1. The molecule has 0 aromatic carbocycles. The van der Waals surface area contributed by atoms with Crippen LogP contribution in [0.5, 0.6) is 0 Å². The zero-order valence-electron chi connectivity index (χ0n) is 9.33. The number of hydrogen-bond acceptors (Lipinski definition) is 5. The molecule has 0 spiro atoms. The van der Waals surface area contributed by atoms with Crippen molar-refractivity contribution in [3.8, 4) is 0 Å². The summed E-state index contributed by atoms with van der Waals surface area (Å²) in [5.74, 6) is -0.367. The maximum atomic E-state index is 12.5. The van der Waals surface area contributed by atoms with Crippen molar-refractivity contribution in [3.63, 3.8) is 0 Å². The molecule has 0 radical (unpaired) electrons. The van der Waals surface area contributed by atoms with Crippen molar-refractivity contribution in [2.75, 3.05) is 11.1 Å². The number of rotatable bonds is 3. The minimum Gasteiger partial charge on any atom is -0.368 e. The summed E-state index contributed by atoms with van der Waals surface area (Å²) in [6.45, 7) is 0.365. The van der Waals surface area contributed by atoms with Gasteiger partial charge in [-0.25, -0.2) is 4.98 Å². The van der Waals surface area contributed by atoms with Crippen molar-refractivity contribution in [1.29, 1.82) is 0 Å². The molecule has 0 atom stereocenters.